The molecule has 0 unspecified atom stereocenters. The first kappa shape index (κ1) is 18.2. The monoisotopic (exact) mass is 345 g/mol. The average molecular weight is 345 g/mol. The molecule has 24 heavy (non-hydrogen) atoms. The molecule has 0 aliphatic heterocycles. The standard InChI is InChI=1S/C19H23NO3S/c1-13(15-10-11-17(22-3)18(12-15)23-4)20-19(21)14(2)24-16-8-6-5-7-9-16/h5-14H,1-4H3,(H,20,21)/t13-,14+/m1/s1. The summed E-state index contributed by atoms with van der Waals surface area (Å²) in [5.41, 5.74) is 0.970. The van der Waals surface area contributed by atoms with Gasteiger partial charge in [0.1, 0.15) is 0 Å². The van der Waals surface area contributed by atoms with E-state index in [0.717, 1.165) is 10.5 Å². The van der Waals surface area contributed by atoms with E-state index in [1.165, 1.54) is 0 Å². The minimum absolute atomic E-state index is 0.00568. The molecule has 0 saturated carbocycles. The molecule has 1 N–H and O–H groups in total. The fraction of sp³-hybridized carbons (Fsp3) is 0.316. The van der Waals surface area contributed by atoms with E-state index in [2.05, 4.69) is 5.32 Å². The molecular formula is C19H23NO3S. The van der Waals surface area contributed by atoms with Crippen molar-refractivity contribution in [1.29, 1.82) is 0 Å². The van der Waals surface area contributed by atoms with Crippen LogP contribution in [0.25, 0.3) is 0 Å². The molecule has 0 spiro atoms. The van der Waals surface area contributed by atoms with Crippen LogP contribution in [-0.2, 0) is 4.79 Å². The third-order valence-electron chi connectivity index (χ3n) is 3.69. The highest BCUT2D eigenvalue weighted by molar-refractivity contribution is 8.00. The molecule has 0 aliphatic rings. The third-order valence-corrected chi connectivity index (χ3v) is 4.80. The molecule has 128 valence electrons. The van der Waals surface area contributed by atoms with Crippen LogP contribution in [0.15, 0.2) is 53.4 Å². The number of amides is 1. The molecule has 2 rings (SSSR count). The van der Waals surface area contributed by atoms with E-state index in [9.17, 15) is 4.79 Å². The van der Waals surface area contributed by atoms with Crippen LogP contribution in [0, 0.1) is 0 Å². The van der Waals surface area contributed by atoms with E-state index in [4.69, 9.17) is 9.47 Å². The van der Waals surface area contributed by atoms with Crippen LogP contribution in [0.4, 0.5) is 0 Å². The molecule has 2 atom stereocenters. The van der Waals surface area contributed by atoms with Gasteiger partial charge in [-0.05, 0) is 43.7 Å². The van der Waals surface area contributed by atoms with E-state index in [0.29, 0.717) is 11.5 Å². The zero-order chi connectivity index (χ0) is 17.5. The van der Waals surface area contributed by atoms with Crippen molar-refractivity contribution in [3.8, 4) is 11.5 Å². The van der Waals surface area contributed by atoms with E-state index in [-0.39, 0.29) is 17.2 Å². The number of methoxy groups -OCH3 is 2. The van der Waals surface area contributed by atoms with Gasteiger partial charge in [0.05, 0.1) is 25.5 Å². The van der Waals surface area contributed by atoms with Crippen LogP contribution in [0.2, 0.25) is 0 Å². The predicted molar refractivity (Wildman–Crippen MR) is 97.9 cm³/mol. The maximum Gasteiger partial charge on any atom is 0.233 e. The molecule has 0 heterocycles. The summed E-state index contributed by atoms with van der Waals surface area (Å²) in [6.07, 6.45) is 0. The van der Waals surface area contributed by atoms with Crippen LogP contribution >= 0.6 is 11.8 Å². The Kier molecular flexibility index (Phi) is 6.55. The van der Waals surface area contributed by atoms with Crippen LogP contribution < -0.4 is 14.8 Å². The van der Waals surface area contributed by atoms with Crippen LogP contribution in [0.3, 0.4) is 0 Å². The summed E-state index contributed by atoms with van der Waals surface area (Å²) in [5.74, 6) is 1.33. The quantitative estimate of drug-likeness (QED) is 0.769. The van der Waals surface area contributed by atoms with Gasteiger partial charge in [-0.15, -0.1) is 11.8 Å². The minimum Gasteiger partial charge on any atom is -0.493 e. The number of hydrogen-bond acceptors (Lipinski definition) is 4. The van der Waals surface area contributed by atoms with Crippen molar-refractivity contribution in [2.75, 3.05) is 14.2 Å². The van der Waals surface area contributed by atoms with Gasteiger partial charge in [-0.25, -0.2) is 0 Å². The van der Waals surface area contributed by atoms with Crippen LogP contribution in [0.1, 0.15) is 25.5 Å². The summed E-state index contributed by atoms with van der Waals surface area (Å²) in [5, 5.41) is 2.88. The molecule has 2 aromatic carbocycles. The Morgan fingerprint density at radius 1 is 1.00 bits per heavy atom. The summed E-state index contributed by atoms with van der Waals surface area (Å²) in [6.45, 7) is 3.87. The van der Waals surface area contributed by atoms with E-state index < -0.39 is 0 Å². The van der Waals surface area contributed by atoms with Gasteiger partial charge in [0.2, 0.25) is 5.91 Å². The number of ether oxygens (including phenoxy) is 2. The van der Waals surface area contributed by atoms with Gasteiger partial charge in [0, 0.05) is 4.90 Å². The normalized spacial score (nSPS) is 13.0. The fourth-order valence-corrected chi connectivity index (χ4v) is 3.19. The minimum atomic E-state index is -0.171. The second-order valence-corrected chi connectivity index (χ2v) is 6.83. The number of carbonyl (C=O) groups excluding carboxylic acids is 1. The SMILES string of the molecule is COc1ccc([C@@H](C)NC(=O)[C@H](C)Sc2ccccc2)cc1OC. The lowest BCUT2D eigenvalue weighted by atomic mass is 10.1. The summed E-state index contributed by atoms with van der Waals surface area (Å²) in [7, 11) is 3.20. The van der Waals surface area contributed by atoms with Crippen molar-refractivity contribution in [3.05, 3.63) is 54.1 Å². The molecule has 2 aromatic rings. The first-order chi connectivity index (χ1) is 11.5. The summed E-state index contributed by atoms with van der Waals surface area (Å²) in [6, 6.07) is 15.5. The van der Waals surface area contributed by atoms with Crippen molar-refractivity contribution in [2.45, 2.75) is 30.0 Å². The van der Waals surface area contributed by atoms with Gasteiger partial charge >= 0.3 is 0 Å². The van der Waals surface area contributed by atoms with Crippen LogP contribution in [-0.4, -0.2) is 25.4 Å². The van der Waals surface area contributed by atoms with Crippen molar-refractivity contribution in [2.24, 2.45) is 0 Å². The second-order valence-electron chi connectivity index (χ2n) is 5.42. The molecule has 0 aliphatic carbocycles. The molecule has 4 nitrogen and oxygen atoms in total. The zero-order valence-electron chi connectivity index (χ0n) is 14.4. The van der Waals surface area contributed by atoms with Gasteiger partial charge < -0.3 is 14.8 Å². The highest BCUT2D eigenvalue weighted by atomic mass is 32.2. The molecule has 0 bridgehead atoms. The predicted octanol–water partition coefficient (Wildman–Crippen LogP) is 4.06. The van der Waals surface area contributed by atoms with Gasteiger partial charge in [-0.2, -0.15) is 0 Å². The van der Waals surface area contributed by atoms with E-state index in [1.807, 2.05) is 62.4 Å². The fourth-order valence-electron chi connectivity index (χ4n) is 2.29. The van der Waals surface area contributed by atoms with Crippen molar-refractivity contribution in [3.63, 3.8) is 0 Å². The highest BCUT2D eigenvalue weighted by Gasteiger charge is 2.18. The number of nitrogens with one attached hydrogen (secondary N) is 1. The molecular weight excluding hydrogens is 322 g/mol. The third kappa shape index (κ3) is 4.68. The highest BCUT2D eigenvalue weighted by Crippen LogP contribution is 2.30. The Labute approximate surface area is 147 Å². The first-order valence-corrected chi connectivity index (χ1v) is 8.67. The van der Waals surface area contributed by atoms with E-state index >= 15 is 0 Å². The second kappa shape index (κ2) is 8.64. The molecule has 5 heteroatoms. The van der Waals surface area contributed by atoms with E-state index in [1.54, 1.807) is 26.0 Å². The lowest BCUT2D eigenvalue weighted by Gasteiger charge is -2.19. The molecule has 1 amide bonds. The van der Waals surface area contributed by atoms with Crippen molar-refractivity contribution < 1.29 is 14.3 Å². The molecule has 0 radical (unpaired) electrons. The maximum absolute atomic E-state index is 12.4. The Morgan fingerprint density at radius 3 is 2.29 bits per heavy atom. The zero-order valence-corrected chi connectivity index (χ0v) is 15.2. The number of rotatable bonds is 7. The lowest BCUT2D eigenvalue weighted by molar-refractivity contribution is -0.120. The number of benzene rings is 2. The maximum atomic E-state index is 12.4. The first-order valence-electron chi connectivity index (χ1n) is 7.79. The van der Waals surface area contributed by atoms with Gasteiger partial charge in [-0.1, -0.05) is 24.3 Å². The smallest absolute Gasteiger partial charge is 0.233 e. The number of carbonyl (C=O) groups is 1. The average Bonchev–Trinajstić information content (AvgIpc) is 2.61. The number of hydrogen-bond donors (Lipinski definition) is 1. The Bertz CT molecular complexity index is 676. The lowest BCUT2D eigenvalue weighted by Crippen LogP contribution is -2.33. The number of thioether (sulfide) groups is 1. The summed E-state index contributed by atoms with van der Waals surface area (Å²) in [4.78, 5) is 13.5. The van der Waals surface area contributed by atoms with Crippen LogP contribution in [0.5, 0.6) is 11.5 Å². The van der Waals surface area contributed by atoms with Gasteiger partial charge in [-0.3, -0.25) is 4.79 Å². The molecule has 0 saturated heterocycles. The topological polar surface area (TPSA) is 47.6 Å². The summed E-state index contributed by atoms with van der Waals surface area (Å²) >= 11 is 1.55. The largest absolute Gasteiger partial charge is 0.493 e. The molecule has 0 aromatic heterocycles. The Hall–Kier alpha value is -2.14. The Morgan fingerprint density at radius 2 is 1.67 bits per heavy atom. The Balaban J connectivity index is 2.00. The van der Waals surface area contributed by atoms with Crippen molar-refractivity contribution in [1.82, 2.24) is 5.32 Å². The summed E-state index contributed by atoms with van der Waals surface area (Å²) < 4.78 is 10.6. The van der Waals surface area contributed by atoms with Crippen molar-refractivity contribution >= 4 is 17.7 Å². The van der Waals surface area contributed by atoms with Gasteiger partial charge in [0.15, 0.2) is 11.5 Å². The molecule has 0 fully saturated rings. The van der Waals surface area contributed by atoms with Gasteiger partial charge in [0.25, 0.3) is 0 Å².